The van der Waals surface area contributed by atoms with E-state index in [0.717, 1.165) is 17.7 Å². The number of piperidine rings is 1. The minimum absolute atomic E-state index is 0.0160. The second-order valence-electron chi connectivity index (χ2n) is 9.09. The fourth-order valence-corrected chi connectivity index (χ4v) is 6.63. The fourth-order valence-electron chi connectivity index (χ4n) is 5.07. The summed E-state index contributed by atoms with van der Waals surface area (Å²) in [6, 6.07) is 19.2. The van der Waals surface area contributed by atoms with Crippen molar-refractivity contribution in [1.29, 1.82) is 0 Å². The number of methoxy groups -OCH3 is 1. The molecular formula is C26H27N3O5S. The van der Waals surface area contributed by atoms with Crippen LogP contribution in [0.3, 0.4) is 0 Å². The number of rotatable bonds is 6. The average molecular weight is 494 g/mol. The molecule has 35 heavy (non-hydrogen) atoms. The van der Waals surface area contributed by atoms with E-state index in [2.05, 4.69) is 5.32 Å². The number of amides is 1. The van der Waals surface area contributed by atoms with Gasteiger partial charge in [0.1, 0.15) is 11.4 Å². The van der Waals surface area contributed by atoms with Gasteiger partial charge in [-0.15, -0.1) is 0 Å². The number of anilines is 1. The summed E-state index contributed by atoms with van der Waals surface area (Å²) >= 11 is 0. The number of hydrogen-bond donors (Lipinski definition) is 1. The summed E-state index contributed by atoms with van der Waals surface area (Å²) in [4.78, 5) is 25.9. The first-order valence-electron chi connectivity index (χ1n) is 11.6. The summed E-state index contributed by atoms with van der Waals surface area (Å²) in [6.45, 7) is 1.08. The van der Waals surface area contributed by atoms with Crippen LogP contribution >= 0.6 is 0 Å². The summed E-state index contributed by atoms with van der Waals surface area (Å²) in [7, 11) is -2.13. The highest BCUT2D eigenvalue weighted by molar-refractivity contribution is 7.89. The number of nitrogens with zero attached hydrogens (tertiary/aromatic N) is 2. The van der Waals surface area contributed by atoms with Crippen molar-refractivity contribution in [3.63, 3.8) is 0 Å². The Morgan fingerprint density at radius 3 is 2.46 bits per heavy atom. The van der Waals surface area contributed by atoms with E-state index < -0.39 is 10.0 Å². The maximum atomic E-state index is 13.3. The number of carbonyl (C=O) groups excluding carboxylic acids is 1. The monoisotopic (exact) mass is 493 g/mol. The number of aromatic nitrogens is 1. The van der Waals surface area contributed by atoms with Gasteiger partial charge in [0.15, 0.2) is 0 Å². The maximum absolute atomic E-state index is 13.3. The van der Waals surface area contributed by atoms with E-state index in [4.69, 9.17) is 4.74 Å². The summed E-state index contributed by atoms with van der Waals surface area (Å²) in [5.74, 6) is 0.278. The number of ether oxygens (including phenoxy) is 1. The molecule has 5 rings (SSSR count). The van der Waals surface area contributed by atoms with Crippen LogP contribution in [0.4, 0.5) is 5.69 Å². The van der Waals surface area contributed by atoms with Gasteiger partial charge < -0.3 is 14.6 Å². The van der Waals surface area contributed by atoms with Crippen LogP contribution in [0.5, 0.6) is 5.75 Å². The van der Waals surface area contributed by atoms with Crippen molar-refractivity contribution in [2.75, 3.05) is 25.5 Å². The second-order valence-corrected chi connectivity index (χ2v) is 11.0. The minimum Gasteiger partial charge on any atom is -0.497 e. The van der Waals surface area contributed by atoms with Crippen LogP contribution in [-0.2, 0) is 27.8 Å². The van der Waals surface area contributed by atoms with Gasteiger partial charge in [0.05, 0.1) is 18.4 Å². The number of pyridine rings is 1. The third kappa shape index (κ3) is 4.61. The van der Waals surface area contributed by atoms with Crippen molar-refractivity contribution in [2.45, 2.75) is 30.2 Å². The quantitative estimate of drug-likeness (QED) is 0.570. The zero-order valence-electron chi connectivity index (χ0n) is 19.4. The normalized spacial score (nSPS) is 19.6. The smallest absolute Gasteiger partial charge is 0.274 e. The van der Waals surface area contributed by atoms with Crippen LogP contribution in [0, 0.1) is 5.92 Å². The van der Waals surface area contributed by atoms with Gasteiger partial charge in [-0.1, -0.05) is 30.3 Å². The first-order valence-corrected chi connectivity index (χ1v) is 13.0. The van der Waals surface area contributed by atoms with E-state index >= 15 is 0 Å². The molecule has 2 aromatic carbocycles. The summed E-state index contributed by atoms with van der Waals surface area (Å²) < 4.78 is 34.9. The molecule has 0 saturated carbocycles. The van der Waals surface area contributed by atoms with Gasteiger partial charge in [0, 0.05) is 31.2 Å². The first-order chi connectivity index (χ1) is 16.8. The largest absolute Gasteiger partial charge is 0.497 e. The predicted octanol–water partition coefficient (Wildman–Crippen LogP) is 2.85. The van der Waals surface area contributed by atoms with Crippen molar-refractivity contribution in [3.05, 3.63) is 88.3 Å². The summed E-state index contributed by atoms with van der Waals surface area (Å²) in [5, 5.41) is 2.75. The molecule has 9 heteroatoms. The molecule has 1 saturated heterocycles. The summed E-state index contributed by atoms with van der Waals surface area (Å²) in [6.07, 6.45) is 1.01. The van der Waals surface area contributed by atoms with Crippen LogP contribution in [0.25, 0.3) is 0 Å². The molecule has 3 aromatic rings. The Balaban J connectivity index is 1.35. The van der Waals surface area contributed by atoms with Gasteiger partial charge in [-0.2, -0.15) is 4.31 Å². The highest BCUT2D eigenvalue weighted by atomic mass is 32.2. The Bertz CT molecular complexity index is 1400. The lowest BCUT2D eigenvalue weighted by Crippen LogP contribution is -2.49. The predicted molar refractivity (Wildman–Crippen MR) is 132 cm³/mol. The van der Waals surface area contributed by atoms with Crippen LogP contribution in [0.1, 0.15) is 23.6 Å². The Labute approximate surface area is 204 Å². The van der Waals surface area contributed by atoms with E-state index in [9.17, 15) is 18.0 Å². The van der Waals surface area contributed by atoms with Crippen LogP contribution in [-0.4, -0.2) is 43.4 Å². The van der Waals surface area contributed by atoms with Crippen molar-refractivity contribution in [1.82, 2.24) is 8.87 Å². The number of benzene rings is 2. The second kappa shape index (κ2) is 9.31. The van der Waals surface area contributed by atoms with Gasteiger partial charge in [-0.3, -0.25) is 9.59 Å². The Kier molecular flexibility index (Phi) is 6.21. The highest BCUT2D eigenvalue weighted by Gasteiger charge is 2.39. The Morgan fingerprint density at radius 2 is 1.74 bits per heavy atom. The number of fused-ring (bicyclic) bond motifs is 4. The number of sulfonamides is 1. The lowest BCUT2D eigenvalue weighted by Gasteiger charge is -2.42. The molecule has 2 aliphatic heterocycles. The Morgan fingerprint density at radius 1 is 1.00 bits per heavy atom. The van der Waals surface area contributed by atoms with Crippen molar-refractivity contribution >= 4 is 21.6 Å². The van der Waals surface area contributed by atoms with Gasteiger partial charge in [-0.05, 0) is 54.3 Å². The third-order valence-corrected chi connectivity index (χ3v) is 8.60. The topological polar surface area (TPSA) is 97.7 Å². The van der Waals surface area contributed by atoms with E-state index in [1.807, 2.05) is 36.4 Å². The van der Waals surface area contributed by atoms with E-state index in [-0.39, 0.29) is 40.3 Å². The molecule has 1 aromatic heterocycles. The van der Waals surface area contributed by atoms with Gasteiger partial charge in [-0.25, -0.2) is 8.42 Å². The zero-order valence-corrected chi connectivity index (χ0v) is 20.2. The van der Waals surface area contributed by atoms with E-state index in [0.29, 0.717) is 25.4 Å². The molecule has 182 valence electrons. The molecule has 0 aliphatic carbocycles. The zero-order chi connectivity index (χ0) is 24.6. The molecule has 2 atom stereocenters. The maximum Gasteiger partial charge on any atom is 0.274 e. The first kappa shape index (κ1) is 23.3. The molecule has 1 N–H and O–H groups in total. The molecule has 2 bridgehead atoms. The average Bonchev–Trinajstić information content (AvgIpc) is 2.86. The number of hydrogen-bond acceptors (Lipinski definition) is 5. The molecule has 3 heterocycles. The number of carbonyl (C=O) groups is 1. The molecular weight excluding hydrogens is 466 g/mol. The molecule has 0 radical (unpaired) electrons. The standard InChI is InChI=1S/C26H27N3O5S/c1-34-21-7-9-22(10-8-21)35(32,33)28-15-19-13-20(17-28)24-12-11-23(26(31)29(24)16-19)27-25(30)14-18-5-3-2-4-6-18/h2-12,19-20H,13-17H2,1H3,(H,27,30)/t19-,20+/m0/s1. The molecule has 8 nitrogen and oxygen atoms in total. The van der Waals surface area contributed by atoms with E-state index in [1.165, 1.54) is 11.4 Å². The van der Waals surface area contributed by atoms with Crippen LogP contribution in [0.15, 0.2) is 76.4 Å². The lowest BCUT2D eigenvalue weighted by molar-refractivity contribution is -0.115. The van der Waals surface area contributed by atoms with Crippen molar-refractivity contribution in [2.24, 2.45) is 5.92 Å². The van der Waals surface area contributed by atoms with Crippen LogP contribution in [0.2, 0.25) is 0 Å². The lowest BCUT2D eigenvalue weighted by atomic mass is 9.84. The number of nitrogens with one attached hydrogen (secondary N) is 1. The molecule has 0 unspecified atom stereocenters. The highest BCUT2D eigenvalue weighted by Crippen LogP contribution is 2.37. The summed E-state index contributed by atoms with van der Waals surface area (Å²) in [5.41, 5.74) is 1.68. The molecule has 1 fully saturated rings. The fraction of sp³-hybridized carbons (Fsp3) is 0.308. The minimum atomic E-state index is -3.66. The molecule has 0 spiro atoms. The van der Waals surface area contributed by atoms with Crippen LogP contribution < -0.4 is 15.6 Å². The van der Waals surface area contributed by atoms with Crippen molar-refractivity contribution in [3.8, 4) is 5.75 Å². The van der Waals surface area contributed by atoms with Gasteiger partial charge in [0.2, 0.25) is 15.9 Å². The molecule has 1 amide bonds. The van der Waals surface area contributed by atoms with E-state index in [1.54, 1.807) is 34.9 Å². The SMILES string of the molecule is COc1ccc(S(=O)(=O)N2C[C@@H]3C[C@H](C2)c2ccc(NC(=O)Cc4ccccc4)c(=O)n2C3)cc1. The molecule has 2 aliphatic rings. The third-order valence-electron chi connectivity index (χ3n) is 6.75. The Hall–Kier alpha value is -3.43. The van der Waals surface area contributed by atoms with Gasteiger partial charge >= 0.3 is 0 Å². The van der Waals surface area contributed by atoms with Gasteiger partial charge in [0.25, 0.3) is 5.56 Å². The van der Waals surface area contributed by atoms with Crippen molar-refractivity contribution < 1.29 is 17.9 Å².